The van der Waals surface area contributed by atoms with Crippen LogP contribution in [0.15, 0.2) is 60.9 Å². The van der Waals surface area contributed by atoms with Crippen molar-refractivity contribution in [3.05, 3.63) is 97.8 Å². The third-order valence-electron chi connectivity index (χ3n) is 10.7. The smallest absolute Gasteiger partial charge is 0.303 e. The predicted octanol–water partition coefficient (Wildman–Crippen LogP) is 9.43. The molecule has 2 fully saturated rings. The second kappa shape index (κ2) is 21.5. The van der Waals surface area contributed by atoms with Gasteiger partial charge in [-0.3, -0.25) is 9.59 Å². The molecule has 0 radical (unpaired) electrons. The number of hydrogen-bond acceptors (Lipinski definition) is 14. The molecule has 2 unspecified atom stereocenters. The van der Waals surface area contributed by atoms with Crippen molar-refractivity contribution in [3.8, 4) is 0 Å². The fourth-order valence-electron chi connectivity index (χ4n) is 7.50. The number of esters is 2. The van der Waals surface area contributed by atoms with E-state index in [0.29, 0.717) is 46.0 Å². The molecule has 0 saturated carbocycles. The summed E-state index contributed by atoms with van der Waals surface area (Å²) in [6, 6.07) is 15.1. The summed E-state index contributed by atoms with van der Waals surface area (Å²) in [4.78, 5) is 39.9. The Morgan fingerprint density at radius 1 is 0.698 bits per heavy atom. The molecule has 21 heteroatoms. The molecular formula is C42H47Cl5N10O6. The van der Waals surface area contributed by atoms with Crippen molar-refractivity contribution >= 4 is 97.8 Å². The number of carbonyl (C=O) groups is 2. The van der Waals surface area contributed by atoms with Gasteiger partial charge in [-0.1, -0.05) is 98.9 Å². The van der Waals surface area contributed by atoms with Gasteiger partial charge in [0.2, 0.25) is 10.6 Å². The van der Waals surface area contributed by atoms with E-state index in [-0.39, 0.29) is 51.7 Å². The van der Waals surface area contributed by atoms with E-state index in [4.69, 9.17) is 82.7 Å². The number of halogens is 5. The molecule has 0 amide bonds. The minimum Gasteiger partial charge on any atom is -0.457 e. The van der Waals surface area contributed by atoms with Gasteiger partial charge in [0.1, 0.15) is 11.0 Å². The molecule has 8 rings (SSSR count). The van der Waals surface area contributed by atoms with Crippen molar-refractivity contribution in [3.63, 3.8) is 0 Å². The molecule has 3 N–H and O–H groups in total. The van der Waals surface area contributed by atoms with E-state index in [0.717, 1.165) is 29.0 Å². The normalized spacial score (nSPS) is 22.9. The lowest BCUT2D eigenvalue weighted by Gasteiger charge is -2.21. The van der Waals surface area contributed by atoms with E-state index < -0.39 is 24.7 Å². The molecule has 4 aromatic heterocycles. The fourth-order valence-corrected chi connectivity index (χ4v) is 8.51. The lowest BCUT2D eigenvalue weighted by atomic mass is 9.98. The maximum absolute atomic E-state index is 11.7. The van der Waals surface area contributed by atoms with Gasteiger partial charge in [-0.15, -0.1) is 0 Å². The van der Waals surface area contributed by atoms with Crippen LogP contribution in [-0.4, -0.2) is 75.9 Å². The van der Waals surface area contributed by atoms with Crippen LogP contribution in [0.1, 0.15) is 78.0 Å². The van der Waals surface area contributed by atoms with Gasteiger partial charge >= 0.3 is 11.9 Å². The highest BCUT2D eigenvalue weighted by Gasteiger charge is 2.47. The van der Waals surface area contributed by atoms with Crippen LogP contribution in [0.2, 0.25) is 25.8 Å². The average molecular weight is 965 g/mol. The number of carbonyl (C=O) groups excluding carboxylic acids is 2. The van der Waals surface area contributed by atoms with Crippen molar-refractivity contribution in [2.24, 2.45) is 17.6 Å². The highest BCUT2D eigenvalue weighted by Crippen LogP contribution is 2.40. The maximum atomic E-state index is 11.7. The lowest BCUT2D eigenvalue weighted by molar-refractivity contribution is -0.154. The van der Waals surface area contributed by atoms with Crippen LogP contribution >= 0.6 is 58.0 Å². The van der Waals surface area contributed by atoms with Crippen LogP contribution in [0.4, 0.5) is 5.82 Å². The van der Waals surface area contributed by atoms with Crippen LogP contribution in [0.5, 0.6) is 0 Å². The molecule has 336 valence electrons. The summed E-state index contributed by atoms with van der Waals surface area (Å²) in [5.41, 5.74) is 8.23. The minimum absolute atomic E-state index is 0.00766. The number of anilines is 1. The van der Waals surface area contributed by atoms with Crippen LogP contribution in [0.25, 0.3) is 22.1 Å². The van der Waals surface area contributed by atoms with E-state index >= 15 is 0 Å². The Labute approximate surface area is 389 Å². The molecule has 6 heterocycles. The number of rotatable bonds is 10. The number of hydrogen-bond donors (Lipinski definition) is 2. The van der Waals surface area contributed by atoms with Crippen molar-refractivity contribution in [1.29, 1.82) is 0 Å². The molecule has 8 atom stereocenters. The first kappa shape index (κ1) is 48.1. The molecule has 2 aliphatic rings. The molecule has 6 aromatic rings. The number of nitrogens with two attached hydrogens (primary N) is 1. The third-order valence-corrected chi connectivity index (χ3v) is 12.0. The van der Waals surface area contributed by atoms with Crippen LogP contribution < -0.4 is 11.1 Å². The van der Waals surface area contributed by atoms with Gasteiger partial charge in [0.05, 0.1) is 35.4 Å². The van der Waals surface area contributed by atoms with E-state index in [1.165, 1.54) is 13.8 Å². The zero-order chi connectivity index (χ0) is 45.5. The molecular weight excluding hydrogens is 918 g/mol. The molecule has 2 saturated heterocycles. The molecule has 2 aromatic carbocycles. The van der Waals surface area contributed by atoms with E-state index in [1.807, 2.05) is 76.2 Å². The largest absolute Gasteiger partial charge is 0.457 e. The maximum Gasteiger partial charge on any atom is 0.303 e. The van der Waals surface area contributed by atoms with Gasteiger partial charge in [-0.05, 0) is 59.3 Å². The number of aromatic nitrogens is 8. The molecule has 0 aliphatic carbocycles. The predicted molar refractivity (Wildman–Crippen MR) is 242 cm³/mol. The number of fused-ring (bicyclic) bond motifs is 2. The average Bonchev–Trinajstić information content (AvgIpc) is 4.01. The third kappa shape index (κ3) is 11.1. The first-order chi connectivity index (χ1) is 30.1. The number of nitrogens with zero attached hydrogens (tertiary/aromatic N) is 8. The zero-order valence-electron chi connectivity index (χ0n) is 35.2. The lowest BCUT2D eigenvalue weighted by Crippen LogP contribution is -2.30. The summed E-state index contributed by atoms with van der Waals surface area (Å²) in [7, 11) is 0. The van der Waals surface area contributed by atoms with Gasteiger partial charge in [0, 0.05) is 48.8 Å². The topological polar surface area (TPSA) is 196 Å². The Balaban J connectivity index is 0.000000180. The monoisotopic (exact) mass is 962 g/mol. The molecule has 2 aliphatic heterocycles. The van der Waals surface area contributed by atoms with Crippen molar-refractivity contribution < 1.29 is 28.5 Å². The van der Waals surface area contributed by atoms with Crippen LogP contribution in [-0.2, 0) is 41.6 Å². The number of nitrogens with one attached hydrogen (secondary N) is 1. The highest BCUT2D eigenvalue weighted by molar-refractivity contribution is 6.35. The van der Waals surface area contributed by atoms with E-state index in [1.54, 1.807) is 21.8 Å². The Morgan fingerprint density at radius 3 is 1.62 bits per heavy atom. The standard InChI is InChI=1S/C21H23Cl2N5O3.C14H16Cl2N4O3.C7H8ClN/c1-4-16-11(2)17(30-12(3)29)20(31-16)28-19-14(10-25-28)18(26-21(23)27-19)24-9-13-7-5-6-8-15(13)22;1-4-9-6(2)10(22-7(3)21)13(23-9)20-12-8(5-17-20)11(15)18-14(16)19-12;8-7-4-2-1-3-6(7)5-9/h5-8,10-11,16-17,20H,4,9H2,1-3H3,(H,24,26,27);5-6,9-10,13H,4H2,1-3H3;1-4H,5,9H2/t11-,16-,17?,20-;6-,9-,10?,13-;/m11./s1. The summed E-state index contributed by atoms with van der Waals surface area (Å²) < 4.78 is 26.5. The molecule has 63 heavy (non-hydrogen) atoms. The van der Waals surface area contributed by atoms with Gasteiger partial charge in [-0.2, -0.15) is 25.1 Å². The molecule has 0 spiro atoms. The number of ether oxygens (including phenoxy) is 4. The first-order valence-electron chi connectivity index (χ1n) is 20.2. The quantitative estimate of drug-likeness (QED) is 0.0748. The van der Waals surface area contributed by atoms with Crippen molar-refractivity contribution in [1.82, 2.24) is 39.5 Å². The summed E-state index contributed by atoms with van der Waals surface area (Å²) in [6.45, 7) is 11.8. The summed E-state index contributed by atoms with van der Waals surface area (Å²) in [5, 5.41) is 15.0. The summed E-state index contributed by atoms with van der Waals surface area (Å²) in [5.74, 6) is -0.166. The van der Waals surface area contributed by atoms with Crippen molar-refractivity contribution in [2.45, 2.75) is 104 Å². The van der Waals surface area contributed by atoms with Crippen LogP contribution in [0.3, 0.4) is 0 Å². The van der Waals surface area contributed by atoms with E-state index in [9.17, 15) is 9.59 Å². The Morgan fingerprint density at radius 2 is 1.16 bits per heavy atom. The van der Waals surface area contributed by atoms with Gasteiger partial charge in [0.15, 0.2) is 36.0 Å². The number of benzene rings is 2. The molecule has 0 bridgehead atoms. The Hall–Kier alpha value is -4.39. The second-order valence-electron chi connectivity index (χ2n) is 14.8. The summed E-state index contributed by atoms with van der Waals surface area (Å²) >= 11 is 30.2. The molecule has 16 nitrogen and oxygen atoms in total. The summed E-state index contributed by atoms with van der Waals surface area (Å²) in [6.07, 6.45) is 2.53. The van der Waals surface area contributed by atoms with Crippen molar-refractivity contribution in [2.75, 3.05) is 5.32 Å². The fraction of sp³-hybridized carbons (Fsp3) is 0.429. The SMILES string of the molecule is CC[C@H]1O[C@@H](n2ncc3c(Cl)nc(Cl)nc32)C(OC(C)=O)[C@@H]1C.CC[C@H]1O[C@@H](n2ncc3c(NCc4ccccc4Cl)nc(Cl)nc32)C(OC(C)=O)[C@@H]1C.NCc1ccccc1Cl. The zero-order valence-corrected chi connectivity index (χ0v) is 39.0. The minimum atomic E-state index is -0.608. The Bertz CT molecular complexity index is 2540. The van der Waals surface area contributed by atoms with Crippen LogP contribution in [0, 0.1) is 11.8 Å². The van der Waals surface area contributed by atoms with Gasteiger partial charge in [-0.25, -0.2) is 14.3 Å². The van der Waals surface area contributed by atoms with E-state index in [2.05, 4.69) is 35.5 Å². The second-order valence-corrected chi connectivity index (χ2v) is 16.7. The van der Waals surface area contributed by atoms with Gasteiger partial charge in [0.25, 0.3) is 0 Å². The highest BCUT2D eigenvalue weighted by atomic mass is 35.5. The first-order valence-corrected chi connectivity index (χ1v) is 22.1. The van der Waals surface area contributed by atoms with Gasteiger partial charge < -0.3 is 30.0 Å². The Kier molecular flexibility index (Phi) is 16.4.